The van der Waals surface area contributed by atoms with E-state index in [0.29, 0.717) is 24.1 Å². The van der Waals surface area contributed by atoms with Crippen LogP contribution in [-0.2, 0) is 14.8 Å². The highest BCUT2D eigenvalue weighted by atomic mass is 35.5. The zero-order valence-electron chi connectivity index (χ0n) is 21.3. The molecule has 9 nitrogen and oxygen atoms in total. The lowest BCUT2D eigenvalue weighted by atomic mass is 9.82. The maximum Gasteiger partial charge on any atom is 0.240 e. The van der Waals surface area contributed by atoms with Crippen LogP contribution in [0.15, 0.2) is 47.4 Å². The zero-order chi connectivity index (χ0) is 26.6. The number of para-hydroxylation sites is 1. The summed E-state index contributed by atoms with van der Waals surface area (Å²) in [5.41, 5.74) is 1.29. The number of aromatic nitrogens is 2. The summed E-state index contributed by atoms with van der Waals surface area (Å²) in [7, 11) is 0.255. The first kappa shape index (κ1) is 27.1. The van der Waals surface area contributed by atoms with Crippen molar-refractivity contribution in [3.63, 3.8) is 0 Å². The van der Waals surface area contributed by atoms with E-state index in [0.717, 1.165) is 48.9 Å². The summed E-state index contributed by atoms with van der Waals surface area (Å²) in [4.78, 5) is 22.7. The zero-order valence-corrected chi connectivity index (χ0v) is 22.9. The average Bonchev–Trinajstić information content (AvgIpc) is 2.87. The summed E-state index contributed by atoms with van der Waals surface area (Å²) in [6.07, 6.45) is 3.90. The molecule has 1 saturated carbocycles. The molecule has 0 spiro atoms. The molecule has 0 unspecified atom stereocenters. The molecule has 0 bridgehead atoms. The van der Waals surface area contributed by atoms with Gasteiger partial charge in [-0.3, -0.25) is 4.79 Å². The molecule has 1 fully saturated rings. The largest absolute Gasteiger partial charge is 0.362 e. The molecule has 1 aromatic heterocycles. The molecular weight excluding hydrogens is 512 g/mol. The number of anilines is 3. The standard InChI is InChI=1S/C26H33ClN6O3S/c1-17(34)30-24-13-12-20(14-22(24)27)37(35,36)29-16-19-10-8-18(9-11-19)15-28-26-31-23-7-5-4-6-21(23)25(32-26)33(2)3/h4-7,12-14,18-19,29H,8-11,15-16H2,1-3H3,(H,30,34)(H,28,31,32). The van der Waals surface area contributed by atoms with Crippen molar-refractivity contribution >= 4 is 55.9 Å². The van der Waals surface area contributed by atoms with Crippen molar-refractivity contribution < 1.29 is 13.2 Å². The highest BCUT2D eigenvalue weighted by molar-refractivity contribution is 7.89. The van der Waals surface area contributed by atoms with Crippen LogP contribution < -0.4 is 20.3 Å². The topological polar surface area (TPSA) is 116 Å². The Hall–Kier alpha value is -2.95. The van der Waals surface area contributed by atoms with Gasteiger partial charge in [0.1, 0.15) is 5.82 Å². The number of nitrogens with one attached hydrogen (secondary N) is 3. The van der Waals surface area contributed by atoms with Gasteiger partial charge < -0.3 is 15.5 Å². The number of hydrogen-bond donors (Lipinski definition) is 3. The fourth-order valence-electron chi connectivity index (χ4n) is 4.62. The Morgan fingerprint density at radius 3 is 2.35 bits per heavy atom. The van der Waals surface area contributed by atoms with Gasteiger partial charge >= 0.3 is 0 Å². The van der Waals surface area contributed by atoms with Crippen LogP contribution in [0.5, 0.6) is 0 Å². The van der Waals surface area contributed by atoms with Crippen LogP contribution in [0.2, 0.25) is 5.02 Å². The molecule has 1 heterocycles. The molecule has 11 heteroatoms. The lowest BCUT2D eigenvalue weighted by molar-refractivity contribution is -0.114. The Balaban J connectivity index is 1.28. The van der Waals surface area contributed by atoms with E-state index in [-0.39, 0.29) is 21.7 Å². The van der Waals surface area contributed by atoms with Crippen LogP contribution >= 0.6 is 11.6 Å². The van der Waals surface area contributed by atoms with Gasteiger partial charge in [0.25, 0.3) is 0 Å². The molecule has 198 valence electrons. The van der Waals surface area contributed by atoms with Crippen LogP contribution in [0.1, 0.15) is 32.6 Å². The first-order chi connectivity index (χ1) is 17.6. The van der Waals surface area contributed by atoms with Crippen LogP contribution in [0.3, 0.4) is 0 Å². The summed E-state index contributed by atoms with van der Waals surface area (Å²) < 4.78 is 28.3. The van der Waals surface area contributed by atoms with Crippen molar-refractivity contribution in [1.29, 1.82) is 0 Å². The Labute approximate surface area is 223 Å². The molecule has 37 heavy (non-hydrogen) atoms. The lowest BCUT2D eigenvalue weighted by Crippen LogP contribution is -2.32. The SMILES string of the molecule is CC(=O)Nc1ccc(S(=O)(=O)NCC2CCC(CNc3nc(N(C)C)c4ccccc4n3)CC2)cc1Cl. The number of rotatable bonds is 9. The van der Waals surface area contributed by atoms with Crippen LogP contribution in [-0.4, -0.2) is 51.5 Å². The number of benzene rings is 2. The second-order valence-electron chi connectivity index (χ2n) is 9.72. The Bertz CT molecular complexity index is 1370. The number of nitrogens with zero attached hydrogens (tertiary/aromatic N) is 3. The van der Waals surface area contributed by atoms with E-state index in [2.05, 4.69) is 20.3 Å². The summed E-state index contributed by atoms with van der Waals surface area (Å²) >= 11 is 6.15. The third-order valence-electron chi connectivity index (χ3n) is 6.65. The van der Waals surface area contributed by atoms with E-state index < -0.39 is 10.0 Å². The molecule has 0 saturated heterocycles. The highest BCUT2D eigenvalue weighted by Gasteiger charge is 2.24. The van der Waals surface area contributed by atoms with E-state index in [1.165, 1.54) is 25.1 Å². The molecule has 2 aromatic carbocycles. The van der Waals surface area contributed by atoms with Gasteiger partial charge in [0.15, 0.2) is 0 Å². The van der Waals surface area contributed by atoms with Gasteiger partial charge in [-0.2, -0.15) is 4.98 Å². The van der Waals surface area contributed by atoms with Crippen LogP contribution in [0.4, 0.5) is 17.5 Å². The molecular formula is C26H33ClN6O3S. The highest BCUT2D eigenvalue weighted by Crippen LogP contribution is 2.30. The minimum Gasteiger partial charge on any atom is -0.362 e. The molecule has 1 aliphatic rings. The quantitative estimate of drug-likeness (QED) is 0.363. The second-order valence-corrected chi connectivity index (χ2v) is 11.9. The predicted molar refractivity (Wildman–Crippen MR) is 149 cm³/mol. The van der Waals surface area contributed by atoms with Crippen molar-refractivity contribution in [3.8, 4) is 0 Å². The maximum absolute atomic E-state index is 12.8. The van der Waals surface area contributed by atoms with E-state index in [1.807, 2.05) is 43.3 Å². The van der Waals surface area contributed by atoms with Crippen molar-refractivity contribution in [1.82, 2.24) is 14.7 Å². The number of fused-ring (bicyclic) bond motifs is 1. The maximum atomic E-state index is 12.8. The normalized spacial score (nSPS) is 17.9. The molecule has 0 aliphatic heterocycles. The molecule has 0 radical (unpaired) electrons. The number of carbonyl (C=O) groups excluding carboxylic acids is 1. The average molecular weight is 545 g/mol. The van der Waals surface area contributed by atoms with Crippen molar-refractivity contribution in [2.45, 2.75) is 37.5 Å². The minimum absolute atomic E-state index is 0.0805. The Kier molecular flexibility index (Phi) is 8.51. The van der Waals surface area contributed by atoms with Gasteiger partial charge in [0.05, 0.1) is 21.1 Å². The monoisotopic (exact) mass is 544 g/mol. The van der Waals surface area contributed by atoms with Gasteiger partial charge in [-0.05, 0) is 67.9 Å². The second kappa shape index (κ2) is 11.6. The van der Waals surface area contributed by atoms with Gasteiger partial charge in [-0.1, -0.05) is 23.7 Å². The van der Waals surface area contributed by atoms with E-state index in [4.69, 9.17) is 16.6 Å². The number of amides is 1. The number of halogens is 1. The third-order valence-corrected chi connectivity index (χ3v) is 8.38. The van der Waals surface area contributed by atoms with Crippen molar-refractivity contribution in [3.05, 3.63) is 47.5 Å². The summed E-state index contributed by atoms with van der Waals surface area (Å²) in [5.74, 6) is 1.99. The van der Waals surface area contributed by atoms with E-state index >= 15 is 0 Å². The summed E-state index contributed by atoms with van der Waals surface area (Å²) in [6, 6.07) is 12.3. The van der Waals surface area contributed by atoms with E-state index in [1.54, 1.807) is 0 Å². The molecule has 0 atom stereocenters. The smallest absolute Gasteiger partial charge is 0.240 e. The molecule has 1 aliphatic carbocycles. The van der Waals surface area contributed by atoms with E-state index in [9.17, 15) is 13.2 Å². The van der Waals surface area contributed by atoms with Crippen molar-refractivity contribution in [2.75, 3.05) is 42.7 Å². The summed E-state index contributed by atoms with van der Waals surface area (Å²) in [5, 5.41) is 7.19. The van der Waals surface area contributed by atoms with Gasteiger partial charge in [0.2, 0.25) is 21.9 Å². The Morgan fingerprint density at radius 1 is 1.03 bits per heavy atom. The molecule has 3 aromatic rings. The number of sulfonamides is 1. The fourth-order valence-corrected chi connectivity index (χ4v) is 6.05. The van der Waals surface area contributed by atoms with Gasteiger partial charge in [-0.25, -0.2) is 18.1 Å². The Morgan fingerprint density at radius 2 is 1.70 bits per heavy atom. The fraction of sp³-hybridized carbons (Fsp3) is 0.423. The number of hydrogen-bond acceptors (Lipinski definition) is 7. The van der Waals surface area contributed by atoms with Gasteiger partial charge in [-0.15, -0.1) is 0 Å². The summed E-state index contributed by atoms with van der Waals surface area (Å²) in [6.45, 7) is 2.53. The van der Waals surface area contributed by atoms with Crippen molar-refractivity contribution in [2.24, 2.45) is 11.8 Å². The number of carbonyl (C=O) groups is 1. The first-order valence-corrected chi connectivity index (χ1v) is 14.2. The predicted octanol–water partition coefficient (Wildman–Crippen LogP) is 4.50. The lowest BCUT2D eigenvalue weighted by Gasteiger charge is -2.28. The van der Waals surface area contributed by atoms with Crippen LogP contribution in [0.25, 0.3) is 10.9 Å². The third kappa shape index (κ3) is 6.88. The molecule has 3 N–H and O–H groups in total. The molecule has 1 amide bonds. The first-order valence-electron chi connectivity index (χ1n) is 12.4. The molecule has 4 rings (SSSR count). The van der Waals surface area contributed by atoms with Crippen LogP contribution in [0, 0.1) is 11.8 Å². The minimum atomic E-state index is -3.70. The van der Waals surface area contributed by atoms with Gasteiger partial charge in [0, 0.05) is 39.5 Å².